The Morgan fingerprint density at radius 1 is 1.03 bits per heavy atom. The number of aromatic nitrogens is 3. The van der Waals surface area contributed by atoms with E-state index in [4.69, 9.17) is 10.5 Å². The van der Waals surface area contributed by atoms with Crippen LogP contribution in [0.15, 0.2) is 54.6 Å². The third kappa shape index (κ3) is 5.74. The lowest BCUT2D eigenvalue weighted by molar-refractivity contribution is 0.0990. The minimum atomic E-state index is -0.650. The predicted octanol–water partition coefficient (Wildman–Crippen LogP) is 4.52. The number of unbranched alkanes of at least 4 members (excludes halogenated alkanes) is 4. The minimum Gasteiger partial charge on any atom is -0.377 e. The molecule has 0 aliphatic rings. The van der Waals surface area contributed by atoms with Crippen molar-refractivity contribution in [1.29, 1.82) is 0 Å². The summed E-state index contributed by atoms with van der Waals surface area (Å²) in [7, 11) is 0. The number of primary amides is 1. The highest BCUT2D eigenvalue weighted by Gasteiger charge is 2.16. The van der Waals surface area contributed by atoms with Crippen molar-refractivity contribution >= 4 is 5.91 Å². The number of carbonyl (C=O) groups is 1. The standard InChI is InChI=1S/C23H28N4O2/c1-2-3-4-5-9-15-29-17-18-11-10-14-20(16-18)27-23(19-12-7-6-8-13-19)25-22(26-27)21(24)28/h6-8,10-14,16H,2-5,9,15,17H2,1H3,(H2,24,28). The van der Waals surface area contributed by atoms with Gasteiger partial charge in [0.05, 0.1) is 12.3 Å². The van der Waals surface area contributed by atoms with E-state index in [1.807, 2.05) is 54.6 Å². The van der Waals surface area contributed by atoms with E-state index in [1.54, 1.807) is 4.68 Å². The van der Waals surface area contributed by atoms with Crippen LogP contribution in [0, 0.1) is 0 Å². The number of carbonyl (C=O) groups excluding carboxylic acids is 1. The normalized spacial score (nSPS) is 10.9. The third-order valence-electron chi connectivity index (χ3n) is 4.68. The van der Waals surface area contributed by atoms with E-state index in [-0.39, 0.29) is 5.82 Å². The van der Waals surface area contributed by atoms with E-state index >= 15 is 0 Å². The minimum absolute atomic E-state index is 0.00224. The maximum Gasteiger partial charge on any atom is 0.288 e. The number of nitrogens with zero attached hydrogens (tertiary/aromatic N) is 3. The predicted molar refractivity (Wildman–Crippen MR) is 114 cm³/mol. The van der Waals surface area contributed by atoms with Crippen molar-refractivity contribution in [3.63, 3.8) is 0 Å². The molecule has 3 rings (SSSR count). The molecule has 29 heavy (non-hydrogen) atoms. The highest BCUT2D eigenvalue weighted by molar-refractivity contribution is 5.89. The summed E-state index contributed by atoms with van der Waals surface area (Å²) in [6.07, 6.45) is 6.10. The van der Waals surface area contributed by atoms with Gasteiger partial charge in [-0.3, -0.25) is 4.79 Å². The van der Waals surface area contributed by atoms with Crippen molar-refractivity contribution in [2.75, 3.05) is 6.61 Å². The van der Waals surface area contributed by atoms with Gasteiger partial charge in [-0.05, 0) is 24.1 Å². The van der Waals surface area contributed by atoms with Crippen LogP contribution in [-0.2, 0) is 11.3 Å². The van der Waals surface area contributed by atoms with Gasteiger partial charge in [-0.2, -0.15) is 0 Å². The van der Waals surface area contributed by atoms with Gasteiger partial charge < -0.3 is 10.5 Å². The van der Waals surface area contributed by atoms with Crippen LogP contribution in [0.2, 0.25) is 0 Å². The van der Waals surface area contributed by atoms with Crippen LogP contribution >= 0.6 is 0 Å². The fourth-order valence-electron chi connectivity index (χ4n) is 3.15. The van der Waals surface area contributed by atoms with Gasteiger partial charge in [-0.1, -0.05) is 75.1 Å². The first-order chi connectivity index (χ1) is 14.2. The lowest BCUT2D eigenvalue weighted by atomic mass is 10.1. The van der Waals surface area contributed by atoms with E-state index in [0.717, 1.165) is 29.8 Å². The van der Waals surface area contributed by atoms with E-state index in [2.05, 4.69) is 17.0 Å². The van der Waals surface area contributed by atoms with E-state index in [1.165, 1.54) is 25.7 Å². The molecule has 2 aromatic carbocycles. The zero-order valence-corrected chi connectivity index (χ0v) is 16.9. The molecule has 0 saturated carbocycles. The molecule has 0 fully saturated rings. The average molecular weight is 393 g/mol. The second kappa shape index (κ2) is 10.5. The molecule has 0 saturated heterocycles. The summed E-state index contributed by atoms with van der Waals surface area (Å²) in [5, 5.41) is 4.33. The van der Waals surface area contributed by atoms with E-state index in [0.29, 0.717) is 12.4 Å². The highest BCUT2D eigenvalue weighted by Crippen LogP contribution is 2.22. The van der Waals surface area contributed by atoms with E-state index < -0.39 is 5.91 Å². The molecule has 6 heteroatoms. The molecule has 1 heterocycles. The molecular formula is C23H28N4O2. The van der Waals surface area contributed by atoms with Crippen LogP contribution in [0.25, 0.3) is 17.1 Å². The molecule has 0 radical (unpaired) electrons. The van der Waals surface area contributed by atoms with Crippen LogP contribution in [0.3, 0.4) is 0 Å². The number of nitrogens with two attached hydrogens (primary N) is 1. The smallest absolute Gasteiger partial charge is 0.288 e. The summed E-state index contributed by atoms with van der Waals surface area (Å²) in [5.41, 5.74) is 8.13. The van der Waals surface area contributed by atoms with Crippen LogP contribution in [0.4, 0.5) is 0 Å². The molecule has 0 aliphatic carbocycles. The summed E-state index contributed by atoms with van der Waals surface area (Å²) in [5.74, 6) is -0.0746. The fourth-order valence-corrected chi connectivity index (χ4v) is 3.15. The van der Waals surface area contributed by atoms with Crippen molar-refractivity contribution in [2.45, 2.75) is 45.6 Å². The lowest BCUT2D eigenvalue weighted by Gasteiger charge is -2.09. The summed E-state index contributed by atoms with van der Waals surface area (Å²) < 4.78 is 7.49. The molecule has 1 aromatic heterocycles. The van der Waals surface area contributed by atoms with Crippen molar-refractivity contribution in [2.24, 2.45) is 5.73 Å². The molecule has 152 valence electrons. The van der Waals surface area contributed by atoms with Gasteiger partial charge in [0, 0.05) is 12.2 Å². The Bertz CT molecular complexity index is 922. The Labute approximate surface area is 171 Å². The Morgan fingerprint density at radius 3 is 2.59 bits per heavy atom. The number of amides is 1. The molecule has 0 spiro atoms. The first kappa shape index (κ1) is 20.7. The lowest BCUT2D eigenvalue weighted by Crippen LogP contribution is -2.13. The molecule has 3 aromatic rings. The second-order valence-electron chi connectivity index (χ2n) is 7.04. The van der Waals surface area contributed by atoms with Gasteiger partial charge in [0.15, 0.2) is 5.82 Å². The topological polar surface area (TPSA) is 83.0 Å². The molecular weight excluding hydrogens is 364 g/mol. The number of rotatable bonds is 11. The molecule has 1 amide bonds. The highest BCUT2D eigenvalue weighted by atomic mass is 16.5. The van der Waals surface area contributed by atoms with Gasteiger partial charge in [0.2, 0.25) is 5.82 Å². The van der Waals surface area contributed by atoms with Crippen molar-refractivity contribution in [3.05, 3.63) is 66.0 Å². The Balaban J connectivity index is 1.74. The van der Waals surface area contributed by atoms with Crippen molar-refractivity contribution in [1.82, 2.24) is 14.8 Å². The quantitative estimate of drug-likeness (QED) is 0.486. The van der Waals surface area contributed by atoms with Gasteiger partial charge in [0.1, 0.15) is 0 Å². The Morgan fingerprint density at radius 2 is 1.83 bits per heavy atom. The summed E-state index contributed by atoms with van der Waals surface area (Å²) in [6.45, 7) is 3.52. The zero-order valence-electron chi connectivity index (χ0n) is 16.9. The second-order valence-corrected chi connectivity index (χ2v) is 7.04. The molecule has 0 atom stereocenters. The van der Waals surface area contributed by atoms with Crippen LogP contribution in [0.1, 0.15) is 55.2 Å². The largest absolute Gasteiger partial charge is 0.377 e. The maximum atomic E-state index is 11.6. The van der Waals surface area contributed by atoms with Gasteiger partial charge in [-0.15, -0.1) is 5.10 Å². The molecule has 0 unspecified atom stereocenters. The van der Waals surface area contributed by atoms with Gasteiger partial charge in [-0.25, -0.2) is 9.67 Å². The van der Waals surface area contributed by atoms with Crippen molar-refractivity contribution < 1.29 is 9.53 Å². The van der Waals surface area contributed by atoms with Crippen LogP contribution in [-0.4, -0.2) is 27.3 Å². The van der Waals surface area contributed by atoms with Gasteiger partial charge in [0.25, 0.3) is 5.91 Å². The maximum absolute atomic E-state index is 11.6. The van der Waals surface area contributed by atoms with Crippen LogP contribution in [0.5, 0.6) is 0 Å². The third-order valence-corrected chi connectivity index (χ3v) is 4.68. The molecule has 0 bridgehead atoms. The van der Waals surface area contributed by atoms with E-state index in [9.17, 15) is 4.79 Å². The fraction of sp³-hybridized carbons (Fsp3) is 0.348. The summed E-state index contributed by atoms with van der Waals surface area (Å²) in [6, 6.07) is 17.5. The Kier molecular flexibility index (Phi) is 7.53. The SMILES string of the molecule is CCCCCCCOCc1cccc(-n2nc(C(N)=O)nc2-c2ccccc2)c1. The number of hydrogen-bond donors (Lipinski definition) is 1. The van der Waals surface area contributed by atoms with Crippen LogP contribution < -0.4 is 5.73 Å². The summed E-state index contributed by atoms with van der Waals surface area (Å²) in [4.78, 5) is 16.0. The van der Waals surface area contributed by atoms with Gasteiger partial charge >= 0.3 is 0 Å². The number of ether oxygens (including phenoxy) is 1. The zero-order chi connectivity index (χ0) is 20.5. The first-order valence-corrected chi connectivity index (χ1v) is 10.2. The molecule has 0 aliphatic heterocycles. The Hall–Kier alpha value is -2.99. The summed E-state index contributed by atoms with van der Waals surface area (Å²) >= 11 is 0. The average Bonchev–Trinajstić information content (AvgIpc) is 3.20. The van der Waals surface area contributed by atoms with Crippen molar-refractivity contribution in [3.8, 4) is 17.1 Å². The monoisotopic (exact) mass is 392 g/mol. The first-order valence-electron chi connectivity index (χ1n) is 10.2. The molecule has 6 nitrogen and oxygen atoms in total. The molecule has 2 N–H and O–H groups in total. The number of hydrogen-bond acceptors (Lipinski definition) is 4. The number of benzene rings is 2.